The molecule has 4 aromatic rings. The van der Waals surface area contributed by atoms with Crippen molar-refractivity contribution in [2.75, 3.05) is 47.1 Å². The third-order valence-corrected chi connectivity index (χ3v) is 9.50. The number of nitrogens with two attached hydrogens (primary N) is 1. The number of nitrogen functional groups attached to an aromatic ring is 1. The fourth-order valence-electron chi connectivity index (χ4n) is 6.07. The molecule has 0 unspecified atom stereocenters. The minimum Gasteiger partial charge on any atom is -0.497 e. The number of ether oxygens (including phenoxy) is 2. The molecule has 2 atom stereocenters. The number of piperazine rings is 1. The molecule has 0 saturated carbocycles. The topological polar surface area (TPSA) is 154 Å². The molecule has 5 amide bonds. The molecule has 2 fully saturated rings. The van der Waals surface area contributed by atoms with Crippen molar-refractivity contribution in [3.05, 3.63) is 83.4 Å². The first-order valence-corrected chi connectivity index (χ1v) is 16.5. The number of thiazole rings is 1. The van der Waals surface area contributed by atoms with E-state index in [-0.39, 0.29) is 44.4 Å². The third kappa shape index (κ3) is 7.07. The van der Waals surface area contributed by atoms with Gasteiger partial charge in [0.25, 0.3) is 0 Å². The van der Waals surface area contributed by atoms with Crippen molar-refractivity contribution >= 4 is 50.6 Å². The lowest BCUT2D eigenvalue weighted by Crippen LogP contribution is -2.65. The van der Waals surface area contributed by atoms with Crippen LogP contribution in [0.2, 0.25) is 0 Å². The number of fused-ring (bicyclic) bond motifs is 2. The Morgan fingerprint density at radius 1 is 1.00 bits per heavy atom. The summed E-state index contributed by atoms with van der Waals surface area (Å²) in [5, 5.41) is 6.46. The van der Waals surface area contributed by atoms with Crippen molar-refractivity contribution in [3.63, 3.8) is 0 Å². The van der Waals surface area contributed by atoms with Crippen LogP contribution in [0.25, 0.3) is 10.2 Å². The average Bonchev–Trinajstić information content (AvgIpc) is 3.64. The molecule has 0 bridgehead atoms. The van der Waals surface area contributed by atoms with Crippen LogP contribution in [-0.4, -0.2) is 107 Å². The van der Waals surface area contributed by atoms with Crippen LogP contribution >= 0.6 is 11.3 Å². The lowest BCUT2D eigenvalue weighted by atomic mass is 9.99. The Morgan fingerprint density at radius 3 is 2.39 bits per heavy atom. The molecule has 0 spiro atoms. The maximum Gasteiger partial charge on any atom is 0.414 e. The van der Waals surface area contributed by atoms with Gasteiger partial charge in [0.05, 0.1) is 30.4 Å². The van der Waals surface area contributed by atoms with Gasteiger partial charge in [0.15, 0.2) is 5.13 Å². The molecule has 2 saturated heterocycles. The van der Waals surface area contributed by atoms with Gasteiger partial charge >= 0.3 is 12.1 Å². The minimum atomic E-state index is -0.845. The Kier molecular flexibility index (Phi) is 9.56. The molecule has 3 N–H and O–H groups in total. The molecule has 6 rings (SSSR count). The molecule has 256 valence electrons. The molecule has 1 aromatic heterocycles. The number of carbonyl (C=O) groups excluding carboxylic acids is 4. The van der Waals surface area contributed by atoms with E-state index in [0.717, 1.165) is 26.9 Å². The summed E-state index contributed by atoms with van der Waals surface area (Å²) in [6, 6.07) is 18.8. The number of para-hydroxylation sites is 1. The largest absolute Gasteiger partial charge is 0.497 e. The number of anilines is 1. The van der Waals surface area contributed by atoms with Gasteiger partial charge in [-0.3, -0.25) is 14.6 Å². The second-order valence-electron chi connectivity index (χ2n) is 12.1. The summed E-state index contributed by atoms with van der Waals surface area (Å²) in [5.41, 5.74) is 9.24. The number of aromatic nitrogens is 1. The van der Waals surface area contributed by atoms with Crippen LogP contribution in [0.4, 0.5) is 14.7 Å². The molecule has 3 aromatic carbocycles. The first-order valence-electron chi connectivity index (χ1n) is 15.7. The molecule has 0 radical (unpaired) electrons. The predicted molar refractivity (Wildman–Crippen MR) is 183 cm³/mol. The maximum atomic E-state index is 14.3. The average molecular weight is 687 g/mol. The number of hydrogen-bond donors (Lipinski definition) is 2. The molecule has 49 heavy (non-hydrogen) atoms. The number of carbonyl (C=O) groups is 4. The normalized spacial score (nSPS) is 17.6. The highest BCUT2D eigenvalue weighted by Crippen LogP contribution is 2.32. The van der Waals surface area contributed by atoms with Gasteiger partial charge in [-0.05, 0) is 47.0 Å². The number of urea groups is 1. The monoisotopic (exact) mass is 686 g/mol. The SMILES string of the molecule is COc1ccc(CNC(=O)N(C)N2CC(=O)N3[C@@H](Cc4ccc(OC(=O)N(C)C)cc4)C(=O)N(Cc4cccc5sc(N)nc45)C[C@@H]32)cc1. The van der Waals surface area contributed by atoms with Gasteiger partial charge in [-0.25, -0.2) is 14.6 Å². The zero-order valence-electron chi connectivity index (χ0n) is 27.7. The van der Waals surface area contributed by atoms with Gasteiger partial charge in [0.2, 0.25) is 11.8 Å². The Hall–Kier alpha value is -5.41. The molecule has 3 heterocycles. The van der Waals surface area contributed by atoms with Gasteiger partial charge in [0, 0.05) is 40.7 Å². The minimum absolute atomic E-state index is 0.0770. The summed E-state index contributed by atoms with van der Waals surface area (Å²) >= 11 is 1.38. The molecule has 14 nitrogen and oxygen atoms in total. The molecule has 2 aliphatic heterocycles. The van der Waals surface area contributed by atoms with E-state index in [4.69, 9.17) is 15.2 Å². The highest BCUT2D eigenvalue weighted by molar-refractivity contribution is 7.22. The van der Waals surface area contributed by atoms with Crippen LogP contribution < -0.4 is 20.5 Å². The van der Waals surface area contributed by atoms with Crippen molar-refractivity contribution in [1.82, 2.24) is 35.0 Å². The quantitative estimate of drug-likeness (QED) is 0.270. The number of rotatable bonds is 9. The first-order chi connectivity index (χ1) is 23.5. The van der Waals surface area contributed by atoms with Crippen LogP contribution in [0, 0.1) is 0 Å². The maximum absolute atomic E-state index is 14.3. The lowest BCUT2D eigenvalue weighted by Gasteiger charge is -2.45. The van der Waals surface area contributed by atoms with Crippen molar-refractivity contribution < 1.29 is 28.7 Å². The molecule has 15 heteroatoms. The number of nitrogens with zero attached hydrogens (tertiary/aromatic N) is 6. The van der Waals surface area contributed by atoms with Crippen LogP contribution in [0.5, 0.6) is 11.5 Å². The van der Waals surface area contributed by atoms with Gasteiger partial charge in [0.1, 0.15) is 23.7 Å². The standard InChI is InChI=1S/C34H38N8O6S/c1-38(2)34(46)48-25-14-8-21(9-15-25)16-26-31(44)40(18-23-6-5-7-27-30(23)37-32(35)49-27)19-28-41(20-29(43)42(26)28)39(3)33(45)36-17-22-10-12-24(47-4)13-11-22/h5-15,26,28H,16-20H2,1-4H3,(H2,35,37)(H,36,45)/t26-,28+/m0/s1. The number of nitrogens with one attached hydrogen (secondary N) is 1. The Balaban J connectivity index is 1.25. The van der Waals surface area contributed by atoms with Gasteiger partial charge in [-0.2, -0.15) is 5.01 Å². The summed E-state index contributed by atoms with van der Waals surface area (Å²) in [5.74, 6) is 0.593. The summed E-state index contributed by atoms with van der Waals surface area (Å²) in [6.07, 6.45) is -0.897. The Morgan fingerprint density at radius 2 is 1.69 bits per heavy atom. The summed E-state index contributed by atoms with van der Waals surface area (Å²) < 4.78 is 11.5. The number of amides is 5. The van der Waals surface area contributed by atoms with E-state index in [1.165, 1.54) is 21.2 Å². The third-order valence-electron chi connectivity index (χ3n) is 8.65. The van der Waals surface area contributed by atoms with E-state index < -0.39 is 24.3 Å². The number of benzene rings is 3. The van der Waals surface area contributed by atoms with Gasteiger partial charge < -0.3 is 35.2 Å². The fourth-order valence-corrected chi connectivity index (χ4v) is 6.85. The van der Waals surface area contributed by atoms with Crippen molar-refractivity contribution in [2.45, 2.75) is 31.7 Å². The van der Waals surface area contributed by atoms with Crippen LogP contribution in [0.15, 0.2) is 66.7 Å². The zero-order valence-corrected chi connectivity index (χ0v) is 28.5. The van der Waals surface area contributed by atoms with Crippen LogP contribution in [0.3, 0.4) is 0 Å². The highest BCUT2D eigenvalue weighted by atomic mass is 32.1. The zero-order chi connectivity index (χ0) is 34.8. The summed E-state index contributed by atoms with van der Waals surface area (Å²) in [6.45, 7) is 0.616. The smallest absolute Gasteiger partial charge is 0.414 e. The molecule has 0 aliphatic carbocycles. The van der Waals surface area contributed by atoms with E-state index in [1.807, 2.05) is 42.5 Å². The van der Waals surface area contributed by atoms with Gasteiger partial charge in [-0.1, -0.05) is 47.7 Å². The van der Waals surface area contributed by atoms with E-state index >= 15 is 0 Å². The Bertz CT molecular complexity index is 1860. The summed E-state index contributed by atoms with van der Waals surface area (Å²) in [4.78, 5) is 62.5. The first kappa shape index (κ1) is 33.5. The number of methoxy groups -OCH3 is 1. The Labute approximate surface area is 287 Å². The summed E-state index contributed by atoms with van der Waals surface area (Å²) in [7, 11) is 6.39. The van der Waals surface area contributed by atoms with Crippen LogP contribution in [-0.2, 0) is 29.1 Å². The van der Waals surface area contributed by atoms with E-state index in [0.29, 0.717) is 16.6 Å². The molecular weight excluding hydrogens is 648 g/mol. The van der Waals surface area contributed by atoms with Crippen molar-refractivity contribution in [3.8, 4) is 11.5 Å². The second-order valence-corrected chi connectivity index (χ2v) is 13.1. The fraction of sp³-hybridized carbons (Fsp3) is 0.324. The lowest BCUT2D eigenvalue weighted by molar-refractivity contribution is -0.157. The van der Waals surface area contributed by atoms with Crippen molar-refractivity contribution in [1.29, 1.82) is 0 Å². The van der Waals surface area contributed by atoms with E-state index in [9.17, 15) is 19.2 Å². The van der Waals surface area contributed by atoms with E-state index in [1.54, 1.807) is 67.3 Å². The van der Waals surface area contributed by atoms with E-state index in [2.05, 4.69) is 10.3 Å². The number of hydrogen-bond acceptors (Lipinski definition) is 10. The van der Waals surface area contributed by atoms with Crippen LogP contribution in [0.1, 0.15) is 16.7 Å². The molecule has 2 aliphatic rings. The highest BCUT2D eigenvalue weighted by Gasteiger charge is 2.51. The predicted octanol–water partition coefficient (Wildman–Crippen LogP) is 3.13. The number of hydrazine groups is 1. The molecular formula is C34H38N8O6S. The van der Waals surface area contributed by atoms with Gasteiger partial charge in [-0.15, -0.1) is 0 Å². The van der Waals surface area contributed by atoms with Crippen molar-refractivity contribution in [2.24, 2.45) is 0 Å². The second kappa shape index (κ2) is 14.0.